The minimum Gasteiger partial charge on any atom is -0.339 e. The molecule has 0 aromatic carbocycles. The molecule has 1 saturated heterocycles. The Balaban J connectivity index is 1.79. The Morgan fingerprint density at radius 2 is 2.23 bits per heavy atom. The van der Waals surface area contributed by atoms with Crippen LogP contribution in [0.25, 0.3) is 0 Å². The van der Waals surface area contributed by atoms with Crippen molar-refractivity contribution in [2.24, 2.45) is 0 Å². The highest BCUT2D eigenvalue weighted by atomic mass is 16.5. The Bertz CT molecular complexity index is 749. The average Bonchev–Trinajstić information content (AvgIpc) is 2.93. The zero-order chi connectivity index (χ0) is 15.7. The largest absolute Gasteiger partial charge is 0.339 e. The fourth-order valence-electron chi connectivity index (χ4n) is 2.75. The standard InChI is InChI=1S/C15H18N4O3/c1-9-5-6-12(13(20)16-9)15(21)19-7-3-4-11(8-19)14-17-10(2)18-22-14/h5-6,11H,3-4,7-8H2,1-2H3,(H,16,20)/t11-/m0/s1. The predicted octanol–water partition coefficient (Wildman–Crippen LogP) is 1.39. The lowest BCUT2D eigenvalue weighted by molar-refractivity contribution is 0.0694. The molecule has 0 aliphatic carbocycles. The van der Waals surface area contributed by atoms with Crippen LogP contribution in [-0.2, 0) is 0 Å². The molecule has 0 bridgehead atoms. The normalized spacial score (nSPS) is 18.5. The van der Waals surface area contributed by atoms with Gasteiger partial charge in [-0.15, -0.1) is 0 Å². The molecule has 1 atom stereocenters. The molecule has 0 saturated carbocycles. The highest BCUT2D eigenvalue weighted by Crippen LogP contribution is 2.26. The smallest absolute Gasteiger partial charge is 0.260 e. The van der Waals surface area contributed by atoms with Crippen LogP contribution in [0.15, 0.2) is 21.5 Å². The summed E-state index contributed by atoms with van der Waals surface area (Å²) < 4.78 is 5.21. The van der Waals surface area contributed by atoms with E-state index in [2.05, 4.69) is 15.1 Å². The fraction of sp³-hybridized carbons (Fsp3) is 0.467. The number of pyridine rings is 1. The third-order valence-electron chi connectivity index (χ3n) is 3.89. The van der Waals surface area contributed by atoms with Crippen LogP contribution in [0.3, 0.4) is 0 Å². The van der Waals surface area contributed by atoms with Crippen molar-refractivity contribution in [2.45, 2.75) is 32.6 Å². The molecule has 2 aromatic rings. The lowest BCUT2D eigenvalue weighted by Gasteiger charge is -2.30. The molecule has 1 aliphatic heterocycles. The summed E-state index contributed by atoms with van der Waals surface area (Å²) in [5.41, 5.74) is 0.563. The maximum absolute atomic E-state index is 12.6. The van der Waals surface area contributed by atoms with E-state index in [0.29, 0.717) is 24.8 Å². The van der Waals surface area contributed by atoms with E-state index in [1.165, 1.54) is 0 Å². The Morgan fingerprint density at radius 1 is 1.41 bits per heavy atom. The van der Waals surface area contributed by atoms with Crippen LogP contribution < -0.4 is 5.56 Å². The van der Waals surface area contributed by atoms with Gasteiger partial charge in [0.05, 0.1) is 5.92 Å². The quantitative estimate of drug-likeness (QED) is 0.905. The summed E-state index contributed by atoms with van der Waals surface area (Å²) in [6.07, 6.45) is 1.75. The molecule has 3 heterocycles. The number of amides is 1. The van der Waals surface area contributed by atoms with Crippen molar-refractivity contribution in [2.75, 3.05) is 13.1 Å². The molecule has 0 radical (unpaired) electrons. The van der Waals surface area contributed by atoms with Gasteiger partial charge in [0.2, 0.25) is 5.89 Å². The molecule has 1 N–H and O–H groups in total. The van der Waals surface area contributed by atoms with Crippen molar-refractivity contribution in [3.8, 4) is 0 Å². The molecule has 7 nitrogen and oxygen atoms in total. The maximum atomic E-state index is 12.6. The van der Waals surface area contributed by atoms with Gasteiger partial charge in [-0.1, -0.05) is 5.16 Å². The van der Waals surface area contributed by atoms with Crippen LogP contribution in [0.1, 0.15) is 46.5 Å². The topological polar surface area (TPSA) is 92.1 Å². The van der Waals surface area contributed by atoms with Crippen LogP contribution >= 0.6 is 0 Å². The molecule has 3 rings (SSSR count). The van der Waals surface area contributed by atoms with E-state index in [0.717, 1.165) is 18.5 Å². The van der Waals surface area contributed by atoms with Gasteiger partial charge in [0, 0.05) is 18.8 Å². The predicted molar refractivity (Wildman–Crippen MR) is 78.7 cm³/mol. The summed E-state index contributed by atoms with van der Waals surface area (Å²) in [5, 5.41) is 3.80. The van der Waals surface area contributed by atoms with Gasteiger partial charge in [0.15, 0.2) is 5.82 Å². The summed E-state index contributed by atoms with van der Waals surface area (Å²) in [4.78, 5) is 33.1. The van der Waals surface area contributed by atoms with Crippen molar-refractivity contribution in [3.63, 3.8) is 0 Å². The second kappa shape index (κ2) is 5.75. The number of piperidine rings is 1. The number of carbonyl (C=O) groups excluding carboxylic acids is 1. The highest BCUT2D eigenvalue weighted by molar-refractivity contribution is 5.93. The van der Waals surface area contributed by atoms with Crippen molar-refractivity contribution in [3.05, 3.63) is 45.5 Å². The number of H-pyrrole nitrogens is 1. The zero-order valence-corrected chi connectivity index (χ0v) is 12.6. The van der Waals surface area contributed by atoms with Gasteiger partial charge in [-0.2, -0.15) is 4.98 Å². The summed E-state index contributed by atoms with van der Waals surface area (Å²) in [7, 11) is 0. The van der Waals surface area contributed by atoms with E-state index >= 15 is 0 Å². The fourth-order valence-corrected chi connectivity index (χ4v) is 2.75. The molecule has 2 aromatic heterocycles. The number of nitrogens with one attached hydrogen (secondary N) is 1. The molecule has 0 unspecified atom stereocenters. The molecule has 1 amide bonds. The second-order valence-corrected chi connectivity index (χ2v) is 5.65. The molecule has 7 heteroatoms. The van der Waals surface area contributed by atoms with Gasteiger partial charge in [0.25, 0.3) is 11.5 Å². The van der Waals surface area contributed by atoms with E-state index in [4.69, 9.17) is 4.52 Å². The lowest BCUT2D eigenvalue weighted by atomic mass is 9.97. The third kappa shape index (κ3) is 2.79. The molecule has 22 heavy (non-hydrogen) atoms. The maximum Gasteiger partial charge on any atom is 0.260 e. The molecular weight excluding hydrogens is 284 g/mol. The van der Waals surface area contributed by atoms with E-state index in [-0.39, 0.29) is 22.9 Å². The van der Waals surface area contributed by atoms with Gasteiger partial charge in [-0.05, 0) is 38.8 Å². The van der Waals surface area contributed by atoms with Crippen molar-refractivity contribution in [1.82, 2.24) is 20.0 Å². The molecule has 116 valence electrons. The molecule has 1 fully saturated rings. The van der Waals surface area contributed by atoms with Crippen LogP contribution in [0.5, 0.6) is 0 Å². The SMILES string of the molecule is Cc1noc([C@H]2CCCN(C(=O)c3ccc(C)[nH]c3=O)C2)n1. The summed E-state index contributed by atoms with van der Waals surface area (Å²) >= 11 is 0. The highest BCUT2D eigenvalue weighted by Gasteiger charge is 2.29. The molecular formula is C15H18N4O3. The number of aromatic amines is 1. The van der Waals surface area contributed by atoms with E-state index in [1.54, 1.807) is 30.9 Å². The van der Waals surface area contributed by atoms with Crippen molar-refractivity contribution in [1.29, 1.82) is 0 Å². The van der Waals surface area contributed by atoms with Gasteiger partial charge in [-0.3, -0.25) is 9.59 Å². The Hall–Kier alpha value is -2.44. The van der Waals surface area contributed by atoms with Crippen LogP contribution in [0.4, 0.5) is 0 Å². The molecule has 0 spiro atoms. The minimum atomic E-state index is -0.347. The Labute approximate surface area is 127 Å². The number of hydrogen-bond donors (Lipinski definition) is 1. The first-order chi connectivity index (χ1) is 10.5. The number of aryl methyl sites for hydroxylation is 2. The number of nitrogens with zero attached hydrogens (tertiary/aromatic N) is 3. The number of likely N-dealkylation sites (tertiary alicyclic amines) is 1. The van der Waals surface area contributed by atoms with Gasteiger partial charge < -0.3 is 14.4 Å². The Kier molecular flexibility index (Phi) is 3.79. The second-order valence-electron chi connectivity index (χ2n) is 5.65. The first kappa shape index (κ1) is 14.5. The summed E-state index contributed by atoms with van der Waals surface area (Å²) in [6, 6.07) is 3.31. The third-order valence-corrected chi connectivity index (χ3v) is 3.89. The van der Waals surface area contributed by atoms with Crippen LogP contribution in [-0.4, -0.2) is 39.0 Å². The number of aromatic nitrogens is 3. The van der Waals surface area contributed by atoms with Crippen LogP contribution in [0, 0.1) is 13.8 Å². The molecule has 1 aliphatic rings. The van der Waals surface area contributed by atoms with E-state index in [1.807, 2.05) is 0 Å². The number of rotatable bonds is 2. The number of hydrogen-bond acceptors (Lipinski definition) is 5. The van der Waals surface area contributed by atoms with Gasteiger partial charge >= 0.3 is 0 Å². The van der Waals surface area contributed by atoms with E-state index in [9.17, 15) is 9.59 Å². The minimum absolute atomic E-state index is 0.0310. The van der Waals surface area contributed by atoms with Crippen molar-refractivity contribution < 1.29 is 9.32 Å². The number of carbonyl (C=O) groups is 1. The first-order valence-corrected chi connectivity index (χ1v) is 7.34. The monoisotopic (exact) mass is 302 g/mol. The zero-order valence-electron chi connectivity index (χ0n) is 12.6. The summed E-state index contributed by atoms with van der Waals surface area (Å²) in [5.74, 6) is 0.937. The van der Waals surface area contributed by atoms with Crippen molar-refractivity contribution >= 4 is 5.91 Å². The Morgan fingerprint density at radius 3 is 2.91 bits per heavy atom. The lowest BCUT2D eigenvalue weighted by Crippen LogP contribution is -2.41. The van der Waals surface area contributed by atoms with Gasteiger partial charge in [-0.25, -0.2) is 0 Å². The van der Waals surface area contributed by atoms with Crippen LogP contribution in [0.2, 0.25) is 0 Å². The van der Waals surface area contributed by atoms with Gasteiger partial charge in [0.1, 0.15) is 5.56 Å². The summed E-state index contributed by atoms with van der Waals surface area (Å²) in [6.45, 7) is 4.68. The average molecular weight is 302 g/mol. The van der Waals surface area contributed by atoms with E-state index < -0.39 is 0 Å². The first-order valence-electron chi connectivity index (χ1n) is 7.34.